The number of piperidine rings is 1. The Bertz CT molecular complexity index is 695. The molecule has 3 atom stereocenters. The number of benzene rings is 1. The van der Waals surface area contributed by atoms with E-state index in [1.54, 1.807) is 14.2 Å². The highest BCUT2D eigenvalue weighted by Crippen LogP contribution is 2.30. The minimum atomic E-state index is 0. The van der Waals surface area contributed by atoms with Gasteiger partial charge in [0.1, 0.15) is 11.5 Å². The van der Waals surface area contributed by atoms with Crippen molar-refractivity contribution in [1.29, 1.82) is 0 Å². The van der Waals surface area contributed by atoms with Gasteiger partial charge in [0.15, 0.2) is 5.96 Å². The van der Waals surface area contributed by atoms with E-state index in [-0.39, 0.29) is 24.0 Å². The third-order valence-electron chi connectivity index (χ3n) is 6.44. The van der Waals surface area contributed by atoms with Gasteiger partial charge in [-0.3, -0.25) is 9.89 Å². The summed E-state index contributed by atoms with van der Waals surface area (Å²) in [5.41, 5.74) is 1.13. The zero-order valence-corrected chi connectivity index (χ0v) is 22.0. The molecule has 2 heterocycles. The molecule has 2 fully saturated rings. The fourth-order valence-corrected chi connectivity index (χ4v) is 4.61. The highest BCUT2D eigenvalue weighted by Gasteiger charge is 2.26. The minimum Gasteiger partial charge on any atom is -0.497 e. The quantitative estimate of drug-likeness (QED) is 0.312. The molecule has 2 N–H and O–H groups in total. The van der Waals surface area contributed by atoms with Crippen molar-refractivity contribution in [2.24, 2.45) is 4.99 Å². The number of aliphatic imine (C=N–C) groups is 1. The van der Waals surface area contributed by atoms with Gasteiger partial charge in [-0.25, -0.2) is 0 Å². The Morgan fingerprint density at radius 3 is 2.45 bits per heavy atom. The number of anilines is 1. The van der Waals surface area contributed by atoms with Crippen LogP contribution in [0.2, 0.25) is 0 Å². The lowest BCUT2D eigenvalue weighted by Gasteiger charge is -2.38. The number of rotatable bonds is 7. The average Bonchev–Trinajstić information content (AvgIpc) is 3.24. The molecule has 8 heteroatoms. The first-order valence-electron chi connectivity index (χ1n) is 11.2. The molecule has 3 rings (SSSR count). The molecule has 0 saturated carbocycles. The Morgan fingerprint density at radius 1 is 1.13 bits per heavy atom. The Hall–Kier alpha value is -1.42. The van der Waals surface area contributed by atoms with Gasteiger partial charge in [-0.2, -0.15) is 0 Å². The zero-order chi connectivity index (χ0) is 21.5. The number of nitrogens with zero attached hydrogens (tertiary/aromatic N) is 3. The van der Waals surface area contributed by atoms with Gasteiger partial charge in [-0.1, -0.05) is 6.42 Å². The molecule has 0 bridgehead atoms. The predicted octanol–water partition coefficient (Wildman–Crippen LogP) is 3.33. The van der Waals surface area contributed by atoms with Crippen LogP contribution >= 0.6 is 24.0 Å². The van der Waals surface area contributed by atoms with Crippen molar-refractivity contribution >= 4 is 35.6 Å². The van der Waals surface area contributed by atoms with Gasteiger partial charge in [0.2, 0.25) is 0 Å². The molecule has 0 aliphatic carbocycles. The maximum Gasteiger partial charge on any atom is 0.191 e. The smallest absolute Gasteiger partial charge is 0.191 e. The standard InChI is InChI=1S/C23H39N5O2.HI/c1-17-8-6-7-10-28(17)18(2)15-25-23(24-3)26-19-9-11-27(16-19)20-12-21(29-4)14-22(13-20)30-5;/h12-14,17-19H,6-11,15-16H2,1-5H3,(H2,24,25,26);1H. The fourth-order valence-electron chi connectivity index (χ4n) is 4.61. The first-order chi connectivity index (χ1) is 14.5. The van der Waals surface area contributed by atoms with Crippen LogP contribution in [0.3, 0.4) is 0 Å². The summed E-state index contributed by atoms with van der Waals surface area (Å²) in [5, 5.41) is 7.15. The van der Waals surface area contributed by atoms with Crippen molar-refractivity contribution in [3.8, 4) is 11.5 Å². The maximum atomic E-state index is 5.42. The molecule has 7 nitrogen and oxygen atoms in total. The highest BCUT2D eigenvalue weighted by molar-refractivity contribution is 14.0. The van der Waals surface area contributed by atoms with E-state index >= 15 is 0 Å². The average molecular weight is 546 g/mol. The van der Waals surface area contributed by atoms with Gasteiger partial charge in [0.05, 0.1) is 14.2 Å². The number of methoxy groups -OCH3 is 2. The molecular weight excluding hydrogens is 505 g/mol. The molecule has 3 unspecified atom stereocenters. The van der Waals surface area contributed by atoms with E-state index in [1.807, 2.05) is 13.1 Å². The third-order valence-corrected chi connectivity index (χ3v) is 6.44. The lowest BCUT2D eigenvalue weighted by Crippen LogP contribution is -2.51. The number of halogens is 1. The van der Waals surface area contributed by atoms with Crippen LogP contribution in [0.4, 0.5) is 5.69 Å². The molecule has 2 aliphatic rings. The maximum absolute atomic E-state index is 5.42. The van der Waals surface area contributed by atoms with E-state index in [0.29, 0.717) is 18.1 Å². The molecule has 0 radical (unpaired) electrons. The molecule has 176 valence electrons. The number of nitrogens with one attached hydrogen (secondary N) is 2. The zero-order valence-electron chi connectivity index (χ0n) is 19.7. The lowest BCUT2D eigenvalue weighted by molar-refractivity contribution is 0.115. The Labute approximate surface area is 205 Å². The van der Waals surface area contributed by atoms with Crippen molar-refractivity contribution in [2.45, 2.75) is 57.7 Å². The van der Waals surface area contributed by atoms with Crippen LogP contribution in [0.25, 0.3) is 0 Å². The van der Waals surface area contributed by atoms with Crippen LogP contribution < -0.4 is 25.0 Å². The molecule has 0 spiro atoms. The molecule has 2 saturated heterocycles. The number of guanidine groups is 1. The fraction of sp³-hybridized carbons (Fsp3) is 0.696. The van der Waals surface area contributed by atoms with Crippen molar-refractivity contribution < 1.29 is 9.47 Å². The topological polar surface area (TPSA) is 61.4 Å². The van der Waals surface area contributed by atoms with Crippen molar-refractivity contribution in [2.75, 3.05) is 52.3 Å². The van der Waals surface area contributed by atoms with Crippen LogP contribution in [-0.4, -0.2) is 76.4 Å². The van der Waals surface area contributed by atoms with Crippen LogP contribution in [-0.2, 0) is 0 Å². The summed E-state index contributed by atoms with van der Waals surface area (Å²) in [6.45, 7) is 8.70. The highest BCUT2D eigenvalue weighted by atomic mass is 127. The SMILES string of the molecule is CN=C(NCC(C)N1CCCCC1C)NC1CCN(c2cc(OC)cc(OC)c2)C1.I. The lowest BCUT2D eigenvalue weighted by atomic mass is 10.0. The number of hydrogen-bond donors (Lipinski definition) is 2. The summed E-state index contributed by atoms with van der Waals surface area (Å²) >= 11 is 0. The Balaban J connectivity index is 0.00000341. The minimum absolute atomic E-state index is 0. The van der Waals surface area contributed by atoms with Crippen molar-refractivity contribution in [3.63, 3.8) is 0 Å². The van der Waals surface area contributed by atoms with E-state index in [9.17, 15) is 0 Å². The third kappa shape index (κ3) is 7.03. The first-order valence-corrected chi connectivity index (χ1v) is 11.2. The van der Waals surface area contributed by atoms with E-state index in [0.717, 1.165) is 49.2 Å². The van der Waals surface area contributed by atoms with Crippen LogP contribution in [0.5, 0.6) is 11.5 Å². The number of likely N-dealkylation sites (tertiary alicyclic amines) is 1. The summed E-state index contributed by atoms with van der Waals surface area (Å²) in [4.78, 5) is 9.45. The second kappa shape index (κ2) is 12.6. The molecule has 1 aromatic carbocycles. The first kappa shape index (κ1) is 25.8. The molecule has 1 aromatic rings. The van der Waals surface area contributed by atoms with Gasteiger partial charge in [-0.05, 0) is 39.7 Å². The van der Waals surface area contributed by atoms with E-state index in [4.69, 9.17) is 9.47 Å². The van der Waals surface area contributed by atoms with Gasteiger partial charge in [0.25, 0.3) is 0 Å². The summed E-state index contributed by atoms with van der Waals surface area (Å²) in [7, 11) is 5.23. The number of hydrogen-bond acceptors (Lipinski definition) is 5. The second-order valence-corrected chi connectivity index (χ2v) is 8.53. The van der Waals surface area contributed by atoms with Gasteiger partial charge >= 0.3 is 0 Å². The molecule has 31 heavy (non-hydrogen) atoms. The largest absolute Gasteiger partial charge is 0.497 e. The normalized spacial score (nSPS) is 23.1. The summed E-state index contributed by atoms with van der Waals surface area (Å²) < 4.78 is 10.8. The predicted molar refractivity (Wildman–Crippen MR) is 140 cm³/mol. The molecule has 2 aliphatic heterocycles. The monoisotopic (exact) mass is 545 g/mol. The van der Waals surface area contributed by atoms with Crippen LogP contribution in [0.15, 0.2) is 23.2 Å². The molecular formula is C23H40IN5O2. The summed E-state index contributed by atoms with van der Waals surface area (Å²) in [5.74, 6) is 2.53. The van der Waals surface area contributed by atoms with Crippen LogP contribution in [0, 0.1) is 0 Å². The Morgan fingerprint density at radius 2 is 1.84 bits per heavy atom. The van der Waals surface area contributed by atoms with Crippen LogP contribution in [0.1, 0.15) is 39.5 Å². The van der Waals surface area contributed by atoms with Crippen molar-refractivity contribution in [1.82, 2.24) is 15.5 Å². The molecule has 0 amide bonds. The van der Waals surface area contributed by atoms with E-state index in [2.05, 4.69) is 51.4 Å². The van der Waals surface area contributed by atoms with Gasteiger partial charge in [-0.15, -0.1) is 24.0 Å². The summed E-state index contributed by atoms with van der Waals surface area (Å²) in [6.07, 6.45) is 5.05. The van der Waals surface area contributed by atoms with Gasteiger partial charge < -0.3 is 25.0 Å². The van der Waals surface area contributed by atoms with Crippen molar-refractivity contribution in [3.05, 3.63) is 18.2 Å². The Kier molecular flexibility index (Phi) is 10.5. The number of ether oxygens (including phenoxy) is 2. The van der Waals surface area contributed by atoms with Gasteiger partial charge in [0, 0.05) is 68.7 Å². The second-order valence-electron chi connectivity index (χ2n) is 8.53. The van der Waals surface area contributed by atoms with E-state index in [1.165, 1.54) is 25.8 Å². The summed E-state index contributed by atoms with van der Waals surface area (Å²) in [6, 6.07) is 7.58. The molecule has 0 aromatic heterocycles. The van der Waals surface area contributed by atoms with E-state index < -0.39 is 0 Å².